The molecule has 2 heteroatoms. The van der Waals surface area contributed by atoms with Crippen LogP contribution in [0.25, 0.3) is 0 Å². The van der Waals surface area contributed by atoms with Gasteiger partial charge < -0.3 is 4.43 Å². The minimum Gasteiger partial charge on any atom is -0.423 e. The van der Waals surface area contributed by atoms with E-state index in [4.69, 9.17) is 4.43 Å². The van der Waals surface area contributed by atoms with Crippen LogP contribution >= 0.6 is 0 Å². The molecule has 0 saturated heterocycles. The maximum Gasteiger partial charge on any atom is 0.166 e. The Balaban J connectivity index is 1.35. The van der Waals surface area contributed by atoms with E-state index in [-0.39, 0.29) is 9.76 Å². The summed E-state index contributed by atoms with van der Waals surface area (Å²) in [7, 11) is -0.345. The summed E-state index contributed by atoms with van der Waals surface area (Å²) < 4.78 is 5.89. The monoisotopic (exact) mass is 574 g/mol. The minimum atomic E-state index is -0.345. The highest BCUT2D eigenvalue weighted by Crippen LogP contribution is 2.28. The number of unbranched alkanes of at least 4 members (excludes halogenated alkanes) is 14. The Kier molecular flexibility index (Phi) is 20.3. The Morgan fingerprint density at radius 1 is 0.537 bits per heavy atom. The van der Waals surface area contributed by atoms with Gasteiger partial charge in [0, 0.05) is 12.5 Å². The molecular weight excluding hydrogens is 513 g/mol. The summed E-state index contributed by atoms with van der Waals surface area (Å²) in [5.74, 6) is 0.453. The van der Waals surface area contributed by atoms with Crippen LogP contribution in [0.4, 0.5) is 0 Å². The first-order valence-electron chi connectivity index (χ1n) is 17.0. The topological polar surface area (TPSA) is 9.23 Å². The highest BCUT2D eigenvalue weighted by atomic mass is 28.2. The lowest BCUT2D eigenvalue weighted by molar-refractivity contribution is 0.307. The van der Waals surface area contributed by atoms with Gasteiger partial charge in [-0.25, -0.2) is 0 Å². The van der Waals surface area contributed by atoms with Gasteiger partial charge in [0.15, 0.2) is 9.76 Å². The summed E-state index contributed by atoms with van der Waals surface area (Å²) in [5.41, 5.74) is 2.82. The average Bonchev–Trinajstić information content (AvgIpc) is 2.97. The standard InChI is InChI=1S/C39H62OSi/c1-39(2,3)41-40-35-29-21-19-17-15-13-11-9-7-5-4-6-8-10-12-14-16-18-20-28-34-38(36-30-24-22-25-31-36)37-32-26-23-27-33-37/h7,9,20,22-28,30-33,38H,4-6,8,10-19,21,29,34-35,41H2,1-3H3. The second-order valence-electron chi connectivity index (χ2n) is 13.1. The molecule has 0 N–H and O–H groups in total. The van der Waals surface area contributed by atoms with Crippen LogP contribution in [0, 0.1) is 0 Å². The van der Waals surface area contributed by atoms with Crippen LogP contribution in [-0.2, 0) is 4.43 Å². The van der Waals surface area contributed by atoms with Gasteiger partial charge >= 0.3 is 0 Å². The van der Waals surface area contributed by atoms with Crippen molar-refractivity contribution in [2.24, 2.45) is 0 Å². The molecule has 0 spiro atoms. The Morgan fingerprint density at radius 2 is 0.927 bits per heavy atom. The van der Waals surface area contributed by atoms with E-state index in [9.17, 15) is 0 Å². The second kappa shape index (κ2) is 23.6. The van der Waals surface area contributed by atoms with Gasteiger partial charge in [-0.1, -0.05) is 164 Å². The van der Waals surface area contributed by atoms with Gasteiger partial charge in [-0.2, -0.15) is 0 Å². The number of rotatable bonds is 24. The molecule has 0 atom stereocenters. The van der Waals surface area contributed by atoms with Crippen LogP contribution in [0.5, 0.6) is 0 Å². The molecule has 0 saturated carbocycles. The SMILES string of the molecule is CC(C)(C)[SiH2]OCCCCCCCCC=CCCCCCCCCCC=CCC(c1ccccc1)c1ccccc1. The summed E-state index contributed by atoms with van der Waals surface area (Å²) in [6.45, 7) is 7.89. The molecule has 0 aliphatic rings. The Bertz CT molecular complexity index is 857. The van der Waals surface area contributed by atoms with Crippen LogP contribution in [0.1, 0.15) is 147 Å². The molecule has 0 amide bonds. The van der Waals surface area contributed by atoms with Gasteiger partial charge in [0.2, 0.25) is 0 Å². The lowest BCUT2D eigenvalue weighted by Crippen LogP contribution is -2.13. The second-order valence-corrected chi connectivity index (χ2v) is 15.9. The highest BCUT2D eigenvalue weighted by molar-refractivity contribution is 6.31. The van der Waals surface area contributed by atoms with Crippen LogP contribution in [0.15, 0.2) is 85.0 Å². The van der Waals surface area contributed by atoms with Crippen molar-refractivity contribution in [3.05, 3.63) is 96.1 Å². The van der Waals surface area contributed by atoms with E-state index in [0.29, 0.717) is 11.0 Å². The maximum atomic E-state index is 5.89. The van der Waals surface area contributed by atoms with E-state index in [0.717, 1.165) is 13.0 Å². The molecular formula is C39H62OSi. The normalized spacial score (nSPS) is 12.6. The summed E-state index contributed by atoms with van der Waals surface area (Å²) >= 11 is 0. The van der Waals surface area contributed by atoms with Crippen molar-refractivity contribution in [1.82, 2.24) is 0 Å². The van der Waals surface area contributed by atoms with Gasteiger partial charge in [0.25, 0.3) is 0 Å². The molecule has 0 aliphatic heterocycles. The first-order chi connectivity index (χ1) is 20.1. The number of hydrogen-bond donors (Lipinski definition) is 0. The third-order valence-corrected chi connectivity index (χ3v) is 9.15. The lowest BCUT2D eigenvalue weighted by atomic mass is 9.88. The van der Waals surface area contributed by atoms with Gasteiger partial charge in [0.05, 0.1) is 0 Å². The number of hydrogen-bond acceptors (Lipinski definition) is 1. The fourth-order valence-electron chi connectivity index (χ4n) is 5.38. The molecule has 2 aromatic rings. The summed E-state index contributed by atoms with van der Waals surface area (Å²) in [5, 5.41) is 0.434. The predicted molar refractivity (Wildman–Crippen MR) is 186 cm³/mol. The van der Waals surface area contributed by atoms with E-state index >= 15 is 0 Å². The van der Waals surface area contributed by atoms with Gasteiger partial charge in [-0.15, -0.1) is 0 Å². The summed E-state index contributed by atoms with van der Waals surface area (Å²) in [6.07, 6.45) is 32.3. The van der Waals surface area contributed by atoms with E-state index in [1.54, 1.807) is 0 Å². The van der Waals surface area contributed by atoms with Crippen molar-refractivity contribution in [3.63, 3.8) is 0 Å². The van der Waals surface area contributed by atoms with E-state index < -0.39 is 0 Å². The van der Waals surface area contributed by atoms with Gasteiger partial charge in [-0.3, -0.25) is 0 Å². The van der Waals surface area contributed by atoms with Crippen LogP contribution in [0.3, 0.4) is 0 Å². The third-order valence-electron chi connectivity index (χ3n) is 7.80. The zero-order chi connectivity index (χ0) is 29.3. The van der Waals surface area contributed by atoms with Gasteiger partial charge in [0.1, 0.15) is 0 Å². The molecule has 0 aromatic heterocycles. The fraction of sp³-hybridized carbons (Fsp3) is 0.590. The Hall–Kier alpha value is -1.90. The van der Waals surface area contributed by atoms with Crippen molar-refractivity contribution in [1.29, 1.82) is 0 Å². The molecule has 0 radical (unpaired) electrons. The third kappa shape index (κ3) is 19.8. The molecule has 0 aliphatic carbocycles. The fourth-order valence-corrected chi connectivity index (χ4v) is 6.34. The molecule has 0 unspecified atom stereocenters. The zero-order valence-corrected chi connectivity index (χ0v) is 28.4. The molecule has 2 rings (SSSR count). The molecule has 41 heavy (non-hydrogen) atoms. The summed E-state index contributed by atoms with van der Waals surface area (Å²) in [4.78, 5) is 0. The molecule has 0 heterocycles. The zero-order valence-electron chi connectivity index (χ0n) is 27.0. The lowest BCUT2D eigenvalue weighted by Gasteiger charge is -2.16. The van der Waals surface area contributed by atoms with Gasteiger partial charge in [-0.05, 0) is 67.5 Å². The molecule has 228 valence electrons. The maximum absolute atomic E-state index is 5.89. The average molecular weight is 575 g/mol. The molecule has 0 bridgehead atoms. The van der Waals surface area contributed by atoms with E-state index in [2.05, 4.69) is 106 Å². The van der Waals surface area contributed by atoms with Crippen molar-refractivity contribution in [2.75, 3.05) is 6.61 Å². The van der Waals surface area contributed by atoms with Crippen LogP contribution in [0.2, 0.25) is 5.04 Å². The van der Waals surface area contributed by atoms with Crippen molar-refractivity contribution >= 4 is 9.76 Å². The first kappa shape index (κ1) is 35.3. The molecule has 2 aromatic carbocycles. The number of allylic oxidation sites excluding steroid dienone is 4. The predicted octanol–water partition coefficient (Wildman–Crippen LogP) is 11.9. The minimum absolute atomic E-state index is 0.345. The van der Waals surface area contributed by atoms with E-state index in [1.807, 2.05) is 0 Å². The largest absolute Gasteiger partial charge is 0.423 e. The Labute approximate surface area is 257 Å². The molecule has 1 nitrogen and oxygen atoms in total. The van der Waals surface area contributed by atoms with Crippen LogP contribution < -0.4 is 0 Å². The smallest absolute Gasteiger partial charge is 0.166 e. The van der Waals surface area contributed by atoms with Crippen molar-refractivity contribution in [2.45, 2.75) is 141 Å². The number of benzene rings is 2. The van der Waals surface area contributed by atoms with E-state index in [1.165, 1.54) is 114 Å². The Morgan fingerprint density at radius 3 is 1.37 bits per heavy atom. The summed E-state index contributed by atoms with van der Waals surface area (Å²) in [6, 6.07) is 21.9. The van der Waals surface area contributed by atoms with Crippen LogP contribution in [-0.4, -0.2) is 16.4 Å². The van der Waals surface area contributed by atoms with Crippen molar-refractivity contribution < 1.29 is 4.43 Å². The quantitative estimate of drug-likeness (QED) is 0.0688. The first-order valence-corrected chi connectivity index (χ1v) is 18.3. The highest BCUT2D eigenvalue weighted by Gasteiger charge is 2.12. The van der Waals surface area contributed by atoms with Crippen molar-refractivity contribution in [3.8, 4) is 0 Å². The molecule has 0 fully saturated rings.